The van der Waals surface area contributed by atoms with Crippen molar-refractivity contribution >= 4 is 11.0 Å². The molecule has 1 N–H and O–H groups in total. The number of phenolic OH excluding ortho intramolecular Hbond substituents is 1. The number of hydrogen-bond acceptors (Lipinski definition) is 5. The Morgan fingerprint density at radius 2 is 1.81 bits per heavy atom. The summed E-state index contributed by atoms with van der Waals surface area (Å²) >= 11 is 0. The molecule has 0 saturated carbocycles. The van der Waals surface area contributed by atoms with E-state index in [0.717, 1.165) is 29.6 Å². The van der Waals surface area contributed by atoms with Crippen molar-refractivity contribution in [2.45, 2.75) is 13.0 Å². The van der Waals surface area contributed by atoms with Crippen LogP contribution in [0.5, 0.6) is 5.75 Å². The van der Waals surface area contributed by atoms with Crippen molar-refractivity contribution in [1.29, 1.82) is 0 Å². The highest BCUT2D eigenvalue weighted by Crippen LogP contribution is 2.39. The van der Waals surface area contributed by atoms with Gasteiger partial charge in [0.05, 0.1) is 24.8 Å². The number of hydrogen-bond donors (Lipinski definition) is 1. The van der Waals surface area contributed by atoms with Crippen molar-refractivity contribution < 1.29 is 14.3 Å². The van der Waals surface area contributed by atoms with Crippen LogP contribution in [0.15, 0.2) is 57.7 Å². The van der Waals surface area contributed by atoms with Crippen LogP contribution in [0.3, 0.4) is 0 Å². The summed E-state index contributed by atoms with van der Waals surface area (Å²) in [4.78, 5) is 14.3. The van der Waals surface area contributed by atoms with Gasteiger partial charge >= 0.3 is 5.63 Å². The number of rotatable bonds is 3. The number of fused-ring (bicyclic) bond motifs is 1. The zero-order chi connectivity index (χ0) is 18.1. The number of nitrogens with zero attached hydrogens (tertiary/aromatic N) is 1. The number of ether oxygens (including phenoxy) is 1. The van der Waals surface area contributed by atoms with Gasteiger partial charge in [0.15, 0.2) is 0 Å². The van der Waals surface area contributed by atoms with Gasteiger partial charge in [0, 0.05) is 24.5 Å². The van der Waals surface area contributed by atoms with Gasteiger partial charge in [-0.2, -0.15) is 0 Å². The maximum Gasteiger partial charge on any atom is 0.336 e. The number of aromatic hydroxyl groups is 1. The summed E-state index contributed by atoms with van der Waals surface area (Å²) < 4.78 is 11.1. The highest BCUT2D eigenvalue weighted by molar-refractivity contribution is 5.85. The lowest BCUT2D eigenvalue weighted by Crippen LogP contribution is -2.39. The van der Waals surface area contributed by atoms with Crippen LogP contribution >= 0.6 is 0 Å². The molecule has 1 aliphatic rings. The molecule has 5 heteroatoms. The van der Waals surface area contributed by atoms with Gasteiger partial charge < -0.3 is 14.3 Å². The Hall–Kier alpha value is -2.63. The van der Waals surface area contributed by atoms with E-state index in [4.69, 9.17) is 9.15 Å². The molecule has 1 aromatic heterocycles. The predicted octanol–water partition coefficient (Wildman–Crippen LogP) is 3.23. The lowest BCUT2D eigenvalue weighted by Gasteiger charge is -2.35. The fourth-order valence-electron chi connectivity index (χ4n) is 3.69. The smallest absolute Gasteiger partial charge is 0.336 e. The van der Waals surface area contributed by atoms with Gasteiger partial charge in [-0.3, -0.25) is 4.90 Å². The van der Waals surface area contributed by atoms with E-state index in [-0.39, 0.29) is 11.8 Å². The Balaban J connectivity index is 1.99. The highest BCUT2D eigenvalue weighted by Gasteiger charge is 2.29. The topological polar surface area (TPSA) is 62.9 Å². The van der Waals surface area contributed by atoms with Crippen LogP contribution in [0.25, 0.3) is 11.0 Å². The highest BCUT2D eigenvalue weighted by atomic mass is 16.5. The van der Waals surface area contributed by atoms with Gasteiger partial charge in [-0.25, -0.2) is 4.79 Å². The second kappa shape index (κ2) is 6.94. The standard InChI is InChI=1S/C21H21NO4/c1-14-13-18(24)26-21-16(14)7-8-17(23)19(21)20(15-5-3-2-4-6-15)22-9-11-25-12-10-22/h2-8,13,20,23H,9-12H2,1H3. The molecule has 1 fully saturated rings. The Labute approximate surface area is 151 Å². The lowest BCUT2D eigenvalue weighted by atomic mass is 9.93. The van der Waals surface area contributed by atoms with Crippen molar-refractivity contribution in [1.82, 2.24) is 4.90 Å². The third kappa shape index (κ3) is 3.00. The molecule has 4 rings (SSSR count). The third-order valence-corrected chi connectivity index (χ3v) is 4.93. The van der Waals surface area contributed by atoms with Gasteiger partial charge in [-0.05, 0) is 30.2 Å². The molecule has 26 heavy (non-hydrogen) atoms. The largest absolute Gasteiger partial charge is 0.507 e. The molecule has 5 nitrogen and oxygen atoms in total. The normalized spacial score (nSPS) is 16.7. The first-order valence-electron chi connectivity index (χ1n) is 8.78. The second-order valence-corrected chi connectivity index (χ2v) is 6.59. The quantitative estimate of drug-likeness (QED) is 0.734. The molecule has 1 atom stereocenters. The minimum absolute atomic E-state index is 0.131. The summed E-state index contributed by atoms with van der Waals surface area (Å²) in [6.07, 6.45) is 0. The summed E-state index contributed by atoms with van der Waals surface area (Å²) in [5.41, 5.74) is 2.56. The van der Waals surface area contributed by atoms with E-state index in [0.29, 0.717) is 24.4 Å². The van der Waals surface area contributed by atoms with E-state index >= 15 is 0 Å². The van der Waals surface area contributed by atoms with Crippen LogP contribution in [0, 0.1) is 6.92 Å². The van der Waals surface area contributed by atoms with E-state index in [2.05, 4.69) is 4.90 Å². The Kier molecular flexibility index (Phi) is 4.49. The molecular weight excluding hydrogens is 330 g/mol. The Morgan fingerprint density at radius 3 is 2.54 bits per heavy atom. The molecule has 1 unspecified atom stereocenters. The zero-order valence-corrected chi connectivity index (χ0v) is 14.6. The van der Waals surface area contributed by atoms with Crippen molar-refractivity contribution in [2.24, 2.45) is 0 Å². The van der Waals surface area contributed by atoms with Gasteiger partial charge in [0.25, 0.3) is 0 Å². The monoisotopic (exact) mass is 351 g/mol. The molecule has 134 valence electrons. The Morgan fingerprint density at radius 1 is 1.08 bits per heavy atom. The molecule has 1 saturated heterocycles. The van der Waals surface area contributed by atoms with Gasteiger partial charge in [0.1, 0.15) is 11.3 Å². The van der Waals surface area contributed by atoms with Crippen LogP contribution in [-0.2, 0) is 4.74 Å². The molecule has 3 aromatic rings. The average molecular weight is 351 g/mol. The number of morpholine rings is 1. The van der Waals surface area contributed by atoms with Crippen molar-refractivity contribution in [3.05, 3.63) is 75.6 Å². The maximum absolute atomic E-state index is 12.0. The Bertz CT molecular complexity index is 974. The van der Waals surface area contributed by atoms with Crippen LogP contribution in [-0.4, -0.2) is 36.3 Å². The molecule has 0 amide bonds. The molecule has 0 spiro atoms. The summed E-state index contributed by atoms with van der Waals surface area (Å²) in [5.74, 6) is 0.131. The van der Waals surface area contributed by atoms with Crippen molar-refractivity contribution in [2.75, 3.05) is 26.3 Å². The molecule has 1 aliphatic heterocycles. The van der Waals surface area contributed by atoms with Crippen LogP contribution in [0.1, 0.15) is 22.7 Å². The fraction of sp³-hybridized carbons (Fsp3) is 0.286. The average Bonchev–Trinajstić information content (AvgIpc) is 2.65. The van der Waals surface area contributed by atoms with Crippen molar-refractivity contribution in [3.63, 3.8) is 0 Å². The first kappa shape index (κ1) is 16.8. The van der Waals surface area contributed by atoms with E-state index < -0.39 is 5.63 Å². The van der Waals surface area contributed by atoms with Crippen LogP contribution in [0.4, 0.5) is 0 Å². The third-order valence-electron chi connectivity index (χ3n) is 4.93. The van der Waals surface area contributed by atoms with E-state index in [1.54, 1.807) is 12.1 Å². The number of benzene rings is 2. The second-order valence-electron chi connectivity index (χ2n) is 6.59. The minimum atomic E-state index is -0.407. The first-order chi connectivity index (χ1) is 12.6. The van der Waals surface area contributed by atoms with E-state index in [9.17, 15) is 9.90 Å². The maximum atomic E-state index is 12.0. The van der Waals surface area contributed by atoms with Gasteiger partial charge in [-0.1, -0.05) is 30.3 Å². The molecule has 0 radical (unpaired) electrons. The molecule has 2 heterocycles. The number of phenols is 1. The summed E-state index contributed by atoms with van der Waals surface area (Å²) in [6, 6.07) is 14.7. The van der Waals surface area contributed by atoms with E-state index in [1.165, 1.54) is 6.07 Å². The van der Waals surface area contributed by atoms with E-state index in [1.807, 2.05) is 37.3 Å². The summed E-state index contributed by atoms with van der Waals surface area (Å²) in [5, 5.41) is 11.6. The molecule has 0 bridgehead atoms. The number of aryl methyl sites for hydroxylation is 1. The first-order valence-corrected chi connectivity index (χ1v) is 8.78. The predicted molar refractivity (Wildman–Crippen MR) is 99.6 cm³/mol. The van der Waals surface area contributed by atoms with Gasteiger partial charge in [-0.15, -0.1) is 0 Å². The SMILES string of the molecule is Cc1cc(=O)oc2c(C(c3ccccc3)N3CCOCC3)c(O)ccc12. The van der Waals surface area contributed by atoms with Crippen molar-refractivity contribution in [3.8, 4) is 5.75 Å². The summed E-state index contributed by atoms with van der Waals surface area (Å²) in [7, 11) is 0. The van der Waals surface area contributed by atoms with Crippen LogP contribution in [0.2, 0.25) is 0 Å². The minimum Gasteiger partial charge on any atom is -0.507 e. The molecule has 0 aliphatic carbocycles. The van der Waals surface area contributed by atoms with Crippen LogP contribution < -0.4 is 5.63 Å². The molecule has 2 aromatic carbocycles. The zero-order valence-electron chi connectivity index (χ0n) is 14.6. The lowest BCUT2D eigenvalue weighted by molar-refractivity contribution is 0.0236. The van der Waals surface area contributed by atoms with Gasteiger partial charge in [0.2, 0.25) is 0 Å². The summed E-state index contributed by atoms with van der Waals surface area (Å²) in [6.45, 7) is 4.64. The molecular formula is C21H21NO4. The fourth-order valence-corrected chi connectivity index (χ4v) is 3.69.